The van der Waals surface area contributed by atoms with Gasteiger partial charge in [-0.1, -0.05) is 60.7 Å². The van der Waals surface area contributed by atoms with Crippen LogP contribution in [0.25, 0.3) is 0 Å². The van der Waals surface area contributed by atoms with Gasteiger partial charge in [0.1, 0.15) is 11.2 Å². The summed E-state index contributed by atoms with van der Waals surface area (Å²) in [5, 5.41) is 0. The molecule has 1 atom stereocenters. The van der Waals surface area contributed by atoms with Gasteiger partial charge < -0.3 is 4.74 Å². The highest BCUT2D eigenvalue weighted by Gasteiger charge is 2.49. The third kappa shape index (κ3) is 3.97. The number of Topliss-reactive ketones (excluding diaryl/α,β-unsaturated/α-hetero) is 1. The fourth-order valence-corrected chi connectivity index (χ4v) is 3.37. The van der Waals surface area contributed by atoms with Gasteiger partial charge in [-0.3, -0.25) is 14.5 Å². The standard InChI is InChI=1S/C21H23NO3/c1-17(23)21(12-13-25-20(21)24)16-22(14-18-8-4-2-5-9-18)15-19-10-6-3-7-11-19/h2-11H,12-16H2,1H3. The predicted octanol–water partition coefficient (Wildman–Crippen LogP) is 3.21. The average Bonchev–Trinajstić information content (AvgIpc) is 2.98. The first kappa shape index (κ1) is 17.4. The Labute approximate surface area is 148 Å². The SMILES string of the molecule is CC(=O)C1(CN(Cc2ccccc2)Cc2ccccc2)CCOC1=O. The van der Waals surface area contributed by atoms with Crippen LogP contribution in [-0.2, 0) is 27.4 Å². The summed E-state index contributed by atoms with van der Waals surface area (Å²) in [7, 11) is 0. The van der Waals surface area contributed by atoms with E-state index in [0.717, 1.165) is 11.1 Å². The maximum Gasteiger partial charge on any atom is 0.321 e. The molecule has 4 heteroatoms. The van der Waals surface area contributed by atoms with Gasteiger partial charge in [-0.15, -0.1) is 0 Å². The third-order valence-corrected chi connectivity index (χ3v) is 4.82. The smallest absolute Gasteiger partial charge is 0.321 e. The number of benzene rings is 2. The van der Waals surface area contributed by atoms with Crippen molar-refractivity contribution in [3.63, 3.8) is 0 Å². The van der Waals surface area contributed by atoms with E-state index in [1.54, 1.807) is 0 Å². The summed E-state index contributed by atoms with van der Waals surface area (Å²) < 4.78 is 5.15. The van der Waals surface area contributed by atoms with E-state index in [-0.39, 0.29) is 11.8 Å². The van der Waals surface area contributed by atoms with Gasteiger partial charge in [0, 0.05) is 26.1 Å². The fraction of sp³-hybridized carbons (Fsp3) is 0.333. The van der Waals surface area contributed by atoms with E-state index in [0.29, 0.717) is 32.7 Å². The molecule has 130 valence electrons. The van der Waals surface area contributed by atoms with Crippen molar-refractivity contribution in [3.05, 3.63) is 71.8 Å². The molecule has 1 aliphatic rings. The Bertz CT molecular complexity index is 688. The Kier molecular flexibility index (Phi) is 5.29. The molecule has 0 saturated carbocycles. The molecule has 2 aromatic rings. The molecule has 4 nitrogen and oxygen atoms in total. The Balaban J connectivity index is 1.84. The van der Waals surface area contributed by atoms with Crippen LogP contribution in [0, 0.1) is 5.41 Å². The van der Waals surface area contributed by atoms with Crippen LogP contribution in [0.4, 0.5) is 0 Å². The number of hydrogen-bond donors (Lipinski definition) is 0. The summed E-state index contributed by atoms with van der Waals surface area (Å²) in [5.74, 6) is -0.493. The van der Waals surface area contributed by atoms with E-state index in [1.807, 2.05) is 36.4 Å². The van der Waals surface area contributed by atoms with E-state index in [4.69, 9.17) is 4.74 Å². The molecular formula is C21H23NO3. The van der Waals surface area contributed by atoms with Crippen molar-refractivity contribution in [1.82, 2.24) is 4.90 Å². The van der Waals surface area contributed by atoms with Gasteiger partial charge in [0.15, 0.2) is 0 Å². The molecule has 1 fully saturated rings. The summed E-state index contributed by atoms with van der Waals surface area (Å²) in [6.45, 7) is 3.56. The van der Waals surface area contributed by atoms with Crippen LogP contribution in [0.3, 0.4) is 0 Å². The summed E-state index contributed by atoms with van der Waals surface area (Å²) in [6.07, 6.45) is 0.460. The lowest BCUT2D eigenvalue weighted by molar-refractivity contribution is -0.152. The van der Waals surface area contributed by atoms with Crippen molar-refractivity contribution in [2.75, 3.05) is 13.2 Å². The zero-order valence-electron chi connectivity index (χ0n) is 14.5. The molecule has 0 aliphatic carbocycles. The highest BCUT2D eigenvalue weighted by Crippen LogP contribution is 2.33. The van der Waals surface area contributed by atoms with Crippen molar-refractivity contribution in [2.45, 2.75) is 26.4 Å². The second kappa shape index (κ2) is 7.62. The fourth-order valence-electron chi connectivity index (χ4n) is 3.37. The minimum Gasteiger partial charge on any atom is -0.465 e. The van der Waals surface area contributed by atoms with Crippen LogP contribution in [0.5, 0.6) is 0 Å². The quantitative estimate of drug-likeness (QED) is 0.575. The highest BCUT2D eigenvalue weighted by atomic mass is 16.5. The zero-order valence-corrected chi connectivity index (χ0v) is 14.5. The van der Waals surface area contributed by atoms with Crippen molar-refractivity contribution >= 4 is 11.8 Å². The van der Waals surface area contributed by atoms with Crippen molar-refractivity contribution in [3.8, 4) is 0 Å². The summed E-state index contributed by atoms with van der Waals surface area (Å²) in [6, 6.07) is 20.2. The van der Waals surface area contributed by atoms with Crippen LogP contribution < -0.4 is 0 Å². The van der Waals surface area contributed by atoms with Gasteiger partial charge in [-0.05, 0) is 18.1 Å². The maximum absolute atomic E-state index is 12.3. The molecule has 2 aromatic carbocycles. The molecule has 0 bridgehead atoms. The Morgan fingerprint density at radius 1 is 1.00 bits per heavy atom. The Hall–Kier alpha value is -2.46. The summed E-state index contributed by atoms with van der Waals surface area (Å²) in [4.78, 5) is 26.8. The average molecular weight is 337 g/mol. The minimum absolute atomic E-state index is 0.110. The normalized spacial score (nSPS) is 19.8. The first-order valence-corrected chi connectivity index (χ1v) is 8.59. The summed E-state index contributed by atoms with van der Waals surface area (Å²) in [5.41, 5.74) is 1.27. The van der Waals surface area contributed by atoms with Crippen molar-refractivity contribution in [1.29, 1.82) is 0 Å². The number of hydrogen-bond acceptors (Lipinski definition) is 4. The lowest BCUT2D eigenvalue weighted by Crippen LogP contribution is -2.45. The lowest BCUT2D eigenvalue weighted by atomic mass is 9.81. The third-order valence-electron chi connectivity index (χ3n) is 4.82. The molecule has 1 heterocycles. The zero-order chi connectivity index (χ0) is 17.7. The molecule has 1 unspecified atom stereocenters. The van der Waals surface area contributed by atoms with Gasteiger partial charge in [0.05, 0.1) is 6.61 Å². The van der Waals surface area contributed by atoms with Crippen LogP contribution in [0.1, 0.15) is 24.5 Å². The Morgan fingerprint density at radius 3 is 1.92 bits per heavy atom. The van der Waals surface area contributed by atoms with E-state index in [9.17, 15) is 9.59 Å². The minimum atomic E-state index is -1.04. The molecule has 0 radical (unpaired) electrons. The number of ketones is 1. The number of rotatable bonds is 7. The molecule has 1 aliphatic heterocycles. The molecule has 25 heavy (non-hydrogen) atoms. The highest BCUT2D eigenvalue weighted by molar-refractivity contribution is 6.04. The van der Waals surface area contributed by atoms with Gasteiger partial charge >= 0.3 is 5.97 Å². The molecule has 1 saturated heterocycles. The molecule has 0 amide bonds. The maximum atomic E-state index is 12.3. The molecule has 3 rings (SSSR count). The second-order valence-corrected chi connectivity index (χ2v) is 6.64. The van der Waals surface area contributed by atoms with Crippen LogP contribution in [0.2, 0.25) is 0 Å². The number of nitrogens with zero attached hydrogens (tertiary/aromatic N) is 1. The van der Waals surface area contributed by atoms with Crippen LogP contribution >= 0.6 is 0 Å². The van der Waals surface area contributed by atoms with E-state index in [2.05, 4.69) is 29.2 Å². The number of carbonyl (C=O) groups is 2. The number of ether oxygens (including phenoxy) is 1. The molecular weight excluding hydrogens is 314 g/mol. The predicted molar refractivity (Wildman–Crippen MR) is 95.7 cm³/mol. The second-order valence-electron chi connectivity index (χ2n) is 6.64. The van der Waals surface area contributed by atoms with Gasteiger partial charge in [0.25, 0.3) is 0 Å². The molecule has 0 aromatic heterocycles. The van der Waals surface area contributed by atoms with E-state index in [1.165, 1.54) is 6.92 Å². The van der Waals surface area contributed by atoms with Gasteiger partial charge in [-0.25, -0.2) is 0 Å². The number of cyclic esters (lactones) is 1. The lowest BCUT2D eigenvalue weighted by Gasteiger charge is -2.31. The van der Waals surface area contributed by atoms with E-state index >= 15 is 0 Å². The summed E-state index contributed by atoms with van der Waals surface area (Å²) >= 11 is 0. The number of esters is 1. The van der Waals surface area contributed by atoms with Crippen LogP contribution in [0.15, 0.2) is 60.7 Å². The molecule has 0 spiro atoms. The largest absolute Gasteiger partial charge is 0.465 e. The van der Waals surface area contributed by atoms with Crippen molar-refractivity contribution in [2.24, 2.45) is 5.41 Å². The van der Waals surface area contributed by atoms with Crippen molar-refractivity contribution < 1.29 is 14.3 Å². The Morgan fingerprint density at radius 2 is 1.52 bits per heavy atom. The monoisotopic (exact) mass is 337 g/mol. The van der Waals surface area contributed by atoms with E-state index < -0.39 is 5.41 Å². The molecule has 0 N–H and O–H groups in total. The topological polar surface area (TPSA) is 46.6 Å². The van der Waals surface area contributed by atoms with Crippen LogP contribution in [-0.4, -0.2) is 29.8 Å². The first-order valence-electron chi connectivity index (χ1n) is 8.59. The number of carbonyl (C=O) groups excluding carboxylic acids is 2. The first-order chi connectivity index (χ1) is 12.1. The van der Waals surface area contributed by atoms with Gasteiger partial charge in [0.2, 0.25) is 0 Å². The van der Waals surface area contributed by atoms with Gasteiger partial charge in [-0.2, -0.15) is 0 Å².